The number of terminal acetylenes is 1. The zero-order chi connectivity index (χ0) is 38.9. The molecule has 7 atom stereocenters. The van der Waals surface area contributed by atoms with E-state index in [1.165, 1.54) is 7.11 Å². The van der Waals surface area contributed by atoms with Gasteiger partial charge >= 0.3 is 39.1 Å². The van der Waals surface area contributed by atoms with Crippen LogP contribution in [0.25, 0.3) is 0 Å². The summed E-state index contributed by atoms with van der Waals surface area (Å²) in [6, 6.07) is 0. The maximum absolute atomic E-state index is 11.9. The first kappa shape index (κ1) is 51.1. The fourth-order valence-corrected chi connectivity index (χ4v) is 7.08. The quantitative estimate of drug-likeness (QED) is 0.0231. The summed E-state index contributed by atoms with van der Waals surface area (Å²) < 4.78 is 111. The second kappa shape index (κ2) is 27.6. The van der Waals surface area contributed by atoms with E-state index in [9.17, 15) is 52.4 Å². The topological polar surface area (TPSA) is 308 Å². The van der Waals surface area contributed by atoms with Gasteiger partial charge in [0.2, 0.25) is 0 Å². The van der Waals surface area contributed by atoms with E-state index in [0.717, 1.165) is 0 Å². The first-order valence-electron chi connectivity index (χ1n) is 15.5. The van der Waals surface area contributed by atoms with Crippen LogP contribution in [-0.2, 0) is 72.8 Å². The maximum Gasteiger partial charge on any atom is 0.472 e. The smallest absolute Gasteiger partial charge is 0.391 e. The Hall–Kier alpha value is 0.0949. The van der Waals surface area contributed by atoms with E-state index in [1.807, 2.05) is 0 Å². The Morgan fingerprint density at radius 1 is 0.529 bits per heavy atom. The van der Waals surface area contributed by atoms with E-state index in [1.54, 1.807) is 7.85 Å². The minimum Gasteiger partial charge on any atom is -0.391 e. The summed E-state index contributed by atoms with van der Waals surface area (Å²) in [7, 11) is -19.4. The summed E-state index contributed by atoms with van der Waals surface area (Å²) >= 11 is 0. The summed E-state index contributed by atoms with van der Waals surface area (Å²) in [5.74, 6) is 2.42. The molecule has 7 unspecified atom stereocenters. The van der Waals surface area contributed by atoms with Gasteiger partial charge in [-0.15, -0.1) is 12.3 Å². The van der Waals surface area contributed by atoms with Crippen molar-refractivity contribution in [2.45, 2.75) is 63.5 Å². The molecule has 0 aromatic rings. The van der Waals surface area contributed by atoms with Crippen LogP contribution in [-0.4, -0.2) is 123 Å². The SMILES string of the molecule is BCC(O)C(COP(=O)(O)OCCCOP(=O)(O)OCCCOP(=O)(O)OCCCOP(=O)(O)OCCCOP(=O)(O)OCCCCC#C)OC. The predicted molar refractivity (Wildman–Crippen MR) is 180 cm³/mol. The fourth-order valence-electron chi connectivity index (χ4n) is 3.14. The summed E-state index contributed by atoms with van der Waals surface area (Å²) in [5, 5.41) is 9.73. The highest BCUT2D eigenvalue weighted by molar-refractivity contribution is 7.48. The second-order valence-electron chi connectivity index (χ2n) is 9.96. The van der Waals surface area contributed by atoms with Crippen molar-refractivity contribution < 1.29 is 102 Å². The van der Waals surface area contributed by atoms with E-state index in [0.29, 0.717) is 25.6 Å². The summed E-state index contributed by atoms with van der Waals surface area (Å²) in [6.07, 6.45) is 4.83. The molecule has 0 saturated carbocycles. The van der Waals surface area contributed by atoms with Crippen molar-refractivity contribution in [2.24, 2.45) is 0 Å². The van der Waals surface area contributed by atoms with Crippen LogP contribution in [0.3, 0.4) is 0 Å². The number of hydrogen-bond donors (Lipinski definition) is 6. The summed E-state index contributed by atoms with van der Waals surface area (Å²) in [5.41, 5.74) is 0. The molecule has 0 fully saturated rings. The Balaban J connectivity index is 4.02. The number of aliphatic hydroxyl groups excluding tert-OH is 1. The standard InChI is InChI=1S/C23H50BO22P5/c1-3-4-5-6-11-37-47(26,27)38-12-7-13-39-48(28,29)40-14-8-15-41-49(30,31)42-16-9-17-43-50(32,33)44-18-10-19-45-51(34,35)46-21-23(36-2)22(25)20-24/h1,22-23,25H,4-21,24H2,2H3,(H,26,27)(H,28,29)(H,30,31)(H,32,33)(H,34,35). The van der Waals surface area contributed by atoms with Gasteiger partial charge in [-0.05, 0) is 38.5 Å². The monoisotopic (exact) mass is 844 g/mol. The van der Waals surface area contributed by atoms with Gasteiger partial charge in [0.1, 0.15) is 14.0 Å². The molecule has 0 bridgehead atoms. The van der Waals surface area contributed by atoms with Crippen LogP contribution in [0.15, 0.2) is 0 Å². The zero-order valence-electron chi connectivity index (χ0n) is 28.4. The van der Waals surface area contributed by atoms with Gasteiger partial charge < -0.3 is 34.3 Å². The normalized spacial score (nSPS) is 19.1. The minimum absolute atomic E-state index is 0.0315. The molecular formula is C23H50BO22P5. The lowest BCUT2D eigenvalue weighted by Crippen LogP contribution is -2.31. The average molecular weight is 844 g/mol. The minimum atomic E-state index is -4.56. The molecule has 28 heteroatoms. The van der Waals surface area contributed by atoms with Crippen LogP contribution >= 0.6 is 39.1 Å². The van der Waals surface area contributed by atoms with E-state index >= 15 is 0 Å². The molecule has 0 aromatic heterocycles. The maximum atomic E-state index is 11.9. The largest absolute Gasteiger partial charge is 0.472 e. The Morgan fingerprint density at radius 3 is 1.06 bits per heavy atom. The Morgan fingerprint density at radius 2 is 0.804 bits per heavy atom. The number of aliphatic hydroxyl groups is 1. The number of hydrogen-bond acceptors (Lipinski definition) is 17. The van der Waals surface area contributed by atoms with E-state index in [-0.39, 0.29) is 52.1 Å². The van der Waals surface area contributed by atoms with E-state index < -0.39 is 91.0 Å². The fraction of sp³-hybridized carbons (Fsp3) is 0.913. The number of ether oxygens (including phenoxy) is 1. The molecule has 0 amide bonds. The molecule has 0 saturated heterocycles. The third-order valence-electron chi connectivity index (χ3n) is 5.71. The molecule has 6 N–H and O–H groups in total. The van der Waals surface area contributed by atoms with Gasteiger partial charge in [-0.2, -0.15) is 0 Å². The highest BCUT2D eigenvalue weighted by Crippen LogP contribution is 2.47. The lowest BCUT2D eigenvalue weighted by atomic mass is 9.96. The number of phosphoric acid groups is 5. The number of methoxy groups -OCH3 is 1. The van der Waals surface area contributed by atoms with Crippen LogP contribution in [0.2, 0.25) is 6.32 Å². The predicted octanol–water partition coefficient (Wildman–Crippen LogP) is 2.45. The van der Waals surface area contributed by atoms with E-state index in [4.69, 9.17) is 56.4 Å². The number of unbranched alkanes of at least 4 members (excludes halogenated alkanes) is 2. The molecule has 0 radical (unpaired) electrons. The van der Waals surface area contributed by atoms with Gasteiger partial charge in [0.15, 0.2) is 0 Å². The molecule has 22 nitrogen and oxygen atoms in total. The first-order valence-corrected chi connectivity index (χ1v) is 23.0. The number of rotatable bonds is 35. The van der Waals surface area contributed by atoms with Gasteiger partial charge in [-0.1, -0.05) is 6.32 Å². The third-order valence-corrected chi connectivity index (χ3v) is 10.8. The van der Waals surface area contributed by atoms with Crippen LogP contribution in [0, 0.1) is 12.3 Å². The lowest BCUT2D eigenvalue weighted by molar-refractivity contribution is -0.0335. The van der Waals surface area contributed by atoms with Crippen LogP contribution in [0.4, 0.5) is 0 Å². The molecule has 51 heavy (non-hydrogen) atoms. The van der Waals surface area contributed by atoms with Crippen molar-refractivity contribution in [1.82, 2.24) is 0 Å². The average Bonchev–Trinajstić information content (AvgIpc) is 3.03. The van der Waals surface area contributed by atoms with Crippen molar-refractivity contribution >= 4 is 47.0 Å². The van der Waals surface area contributed by atoms with Crippen molar-refractivity contribution in [3.8, 4) is 12.3 Å². The Kier molecular flexibility index (Phi) is 27.7. The highest BCUT2D eigenvalue weighted by Gasteiger charge is 2.27. The molecule has 0 aliphatic carbocycles. The van der Waals surface area contributed by atoms with Crippen molar-refractivity contribution in [3.63, 3.8) is 0 Å². The molecule has 0 rings (SSSR count). The first-order chi connectivity index (χ1) is 23.8. The van der Waals surface area contributed by atoms with Gasteiger partial charge in [0.05, 0.1) is 72.2 Å². The summed E-state index contributed by atoms with van der Waals surface area (Å²) in [4.78, 5) is 48.3. The molecule has 0 aromatic carbocycles. The van der Waals surface area contributed by atoms with Crippen molar-refractivity contribution in [3.05, 3.63) is 0 Å². The van der Waals surface area contributed by atoms with Gasteiger partial charge in [0, 0.05) is 13.5 Å². The Labute approximate surface area is 298 Å². The molecule has 0 spiro atoms. The van der Waals surface area contributed by atoms with Crippen molar-refractivity contribution in [2.75, 3.05) is 73.2 Å². The zero-order valence-corrected chi connectivity index (χ0v) is 32.9. The van der Waals surface area contributed by atoms with Crippen LogP contribution in [0.5, 0.6) is 0 Å². The molecule has 302 valence electrons. The number of phosphoric ester groups is 5. The second-order valence-corrected chi connectivity index (χ2v) is 17.2. The Bertz CT molecular complexity index is 1220. The van der Waals surface area contributed by atoms with Crippen LogP contribution in [0.1, 0.15) is 44.9 Å². The third kappa shape index (κ3) is 30.1. The van der Waals surface area contributed by atoms with Gasteiger partial charge in [-0.3, -0.25) is 45.2 Å². The van der Waals surface area contributed by atoms with E-state index in [2.05, 4.69) is 5.92 Å². The lowest BCUT2D eigenvalue weighted by Gasteiger charge is -2.21. The molecule has 0 aliphatic heterocycles. The molecule has 0 heterocycles. The summed E-state index contributed by atoms with van der Waals surface area (Å²) in [6.45, 7) is -3.62. The van der Waals surface area contributed by atoms with Crippen LogP contribution < -0.4 is 0 Å². The van der Waals surface area contributed by atoms with Crippen molar-refractivity contribution in [1.29, 1.82) is 0 Å². The van der Waals surface area contributed by atoms with Gasteiger partial charge in [0.25, 0.3) is 0 Å². The molecular weight excluding hydrogens is 794 g/mol. The highest BCUT2D eigenvalue weighted by atomic mass is 31.2. The van der Waals surface area contributed by atoms with Gasteiger partial charge in [-0.25, -0.2) is 22.8 Å². The molecule has 0 aliphatic rings.